The van der Waals surface area contributed by atoms with Crippen LogP contribution in [0.25, 0.3) is 0 Å². The lowest BCUT2D eigenvalue weighted by atomic mass is 9.76. The number of ether oxygens (including phenoxy) is 3. The second-order valence-corrected chi connectivity index (χ2v) is 7.99. The van der Waals surface area contributed by atoms with Crippen LogP contribution in [0.4, 0.5) is 0 Å². The van der Waals surface area contributed by atoms with Crippen molar-refractivity contribution in [3.8, 4) is 0 Å². The molecule has 0 aromatic rings. The average Bonchev–Trinajstić information content (AvgIpc) is 2.98. The van der Waals surface area contributed by atoms with Gasteiger partial charge in [-0.1, -0.05) is 0 Å². The highest BCUT2D eigenvalue weighted by atomic mass is 16.5. The molecule has 0 aromatic carbocycles. The van der Waals surface area contributed by atoms with Gasteiger partial charge in [0.1, 0.15) is 0 Å². The van der Waals surface area contributed by atoms with Crippen LogP contribution in [0.5, 0.6) is 0 Å². The third-order valence-corrected chi connectivity index (χ3v) is 6.37. The van der Waals surface area contributed by atoms with Gasteiger partial charge in [0.25, 0.3) is 0 Å². The summed E-state index contributed by atoms with van der Waals surface area (Å²) in [5.41, 5.74) is 0.351. The molecule has 3 saturated heterocycles. The molecule has 3 fully saturated rings. The maximum Gasteiger partial charge on any atom is 0.225 e. The smallest absolute Gasteiger partial charge is 0.225 e. The van der Waals surface area contributed by atoms with Gasteiger partial charge in [0.15, 0.2) is 0 Å². The van der Waals surface area contributed by atoms with E-state index in [0.29, 0.717) is 17.4 Å². The maximum absolute atomic E-state index is 12.8. The Morgan fingerprint density at radius 1 is 1.16 bits per heavy atom. The van der Waals surface area contributed by atoms with Crippen LogP contribution in [0.2, 0.25) is 0 Å². The molecule has 0 aromatic heterocycles. The highest BCUT2D eigenvalue weighted by Gasteiger charge is 2.46. The fraction of sp³-hybridized carbons (Fsp3) is 0.947. The van der Waals surface area contributed by atoms with Crippen molar-refractivity contribution < 1.29 is 19.0 Å². The lowest BCUT2D eigenvalue weighted by Gasteiger charge is -2.41. The number of piperidine rings is 1. The monoisotopic (exact) mass is 354 g/mol. The van der Waals surface area contributed by atoms with Crippen molar-refractivity contribution in [2.45, 2.75) is 38.1 Å². The standard InChI is InChI=1S/C19H34N2O4/c1-23-12-9-21-15-19(13-17(21)14-24-2)5-7-20(8-6-19)18(22)16-3-10-25-11-4-16/h16-17H,3-15H2,1-2H3/t17-/m1/s1. The Hall–Kier alpha value is -0.690. The topological polar surface area (TPSA) is 51.2 Å². The minimum atomic E-state index is 0.186. The summed E-state index contributed by atoms with van der Waals surface area (Å²) in [6.45, 7) is 6.94. The van der Waals surface area contributed by atoms with Crippen LogP contribution < -0.4 is 0 Å². The van der Waals surface area contributed by atoms with Gasteiger partial charge in [-0.05, 0) is 37.5 Å². The van der Waals surface area contributed by atoms with E-state index in [1.165, 1.54) is 6.42 Å². The molecule has 1 atom stereocenters. The average molecular weight is 354 g/mol. The molecule has 3 rings (SSSR count). The van der Waals surface area contributed by atoms with Crippen LogP contribution in [0, 0.1) is 11.3 Å². The van der Waals surface area contributed by atoms with E-state index < -0.39 is 0 Å². The number of amides is 1. The number of nitrogens with zero attached hydrogens (tertiary/aromatic N) is 2. The van der Waals surface area contributed by atoms with Crippen LogP contribution in [0.3, 0.4) is 0 Å². The summed E-state index contributed by atoms with van der Waals surface area (Å²) < 4.78 is 16.1. The largest absolute Gasteiger partial charge is 0.383 e. The minimum absolute atomic E-state index is 0.186. The second kappa shape index (κ2) is 8.80. The predicted octanol–water partition coefficient (Wildman–Crippen LogP) is 1.39. The highest BCUT2D eigenvalue weighted by Crippen LogP contribution is 2.43. The lowest BCUT2D eigenvalue weighted by molar-refractivity contribution is -0.140. The van der Waals surface area contributed by atoms with Crippen molar-refractivity contribution in [1.29, 1.82) is 0 Å². The Morgan fingerprint density at radius 3 is 2.52 bits per heavy atom. The Labute approximate surface area is 151 Å². The quantitative estimate of drug-likeness (QED) is 0.721. The molecule has 6 heteroatoms. The normalized spacial score (nSPS) is 27.9. The van der Waals surface area contributed by atoms with E-state index in [1.807, 2.05) is 0 Å². The van der Waals surface area contributed by atoms with Crippen molar-refractivity contribution in [3.63, 3.8) is 0 Å². The predicted molar refractivity (Wildman–Crippen MR) is 95.5 cm³/mol. The molecule has 0 N–H and O–H groups in total. The van der Waals surface area contributed by atoms with Crippen LogP contribution in [-0.2, 0) is 19.0 Å². The van der Waals surface area contributed by atoms with Gasteiger partial charge < -0.3 is 19.1 Å². The molecule has 0 radical (unpaired) electrons. The highest BCUT2D eigenvalue weighted by molar-refractivity contribution is 5.79. The van der Waals surface area contributed by atoms with Gasteiger partial charge in [0.2, 0.25) is 5.91 Å². The fourth-order valence-corrected chi connectivity index (χ4v) is 4.85. The molecule has 6 nitrogen and oxygen atoms in total. The van der Waals surface area contributed by atoms with Crippen LogP contribution >= 0.6 is 0 Å². The molecule has 1 spiro atoms. The molecule has 3 heterocycles. The first-order chi connectivity index (χ1) is 12.2. The number of carbonyl (C=O) groups excluding carboxylic acids is 1. The zero-order chi connectivity index (χ0) is 17.7. The summed E-state index contributed by atoms with van der Waals surface area (Å²) in [7, 11) is 3.55. The molecule has 144 valence electrons. The van der Waals surface area contributed by atoms with E-state index in [9.17, 15) is 4.79 Å². The van der Waals surface area contributed by atoms with Crippen molar-refractivity contribution in [2.75, 3.05) is 66.8 Å². The molecule has 0 unspecified atom stereocenters. The van der Waals surface area contributed by atoms with Crippen LogP contribution in [-0.4, -0.2) is 88.6 Å². The number of hydrogen-bond donors (Lipinski definition) is 0. The SMILES string of the molecule is COCCN1CC2(CCN(C(=O)C3CCOCC3)CC2)C[C@@H]1COC. The Kier molecular flexibility index (Phi) is 6.72. The Bertz CT molecular complexity index is 431. The van der Waals surface area contributed by atoms with Crippen molar-refractivity contribution >= 4 is 5.91 Å². The molecule has 25 heavy (non-hydrogen) atoms. The Balaban J connectivity index is 1.54. The lowest BCUT2D eigenvalue weighted by Crippen LogP contribution is -2.47. The van der Waals surface area contributed by atoms with Crippen molar-refractivity contribution in [3.05, 3.63) is 0 Å². The summed E-state index contributed by atoms with van der Waals surface area (Å²) in [6, 6.07) is 0.484. The van der Waals surface area contributed by atoms with Gasteiger partial charge in [0, 0.05) is 65.6 Å². The molecular formula is C19H34N2O4. The third-order valence-electron chi connectivity index (χ3n) is 6.37. The molecule has 0 aliphatic carbocycles. The van der Waals surface area contributed by atoms with E-state index in [2.05, 4.69) is 9.80 Å². The first kappa shape index (κ1) is 19.1. The second-order valence-electron chi connectivity index (χ2n) is 7.99. The first-order valence-corrected chi connectivity index (χ1v) is 9.76. The van der Waals surface area contributed by atoms with Gasteiger partial charge in [-0.3, -0.25) is 9.69 Å². The number of carbonyl (C=O) groups is 1. The van der Waals surface area contributed by atoms with Gasteiger partial charge in [-0.15, -0.1) is 0 Å². The maximum atomic E-state index is 12.8. The molecule has 3 aliphatic rings. The zero-order valence-corrected chi connectivity index (χ0v) is 15.9. The van der Waals surface area contributed by atoms with Gasteiger partial charge in [-0.2, -0.15) is 0 Å². The molecule has 3 aliphatic heterocycles. The van der Waals surface area contributed by atoms with E-state index in [-0.39, 0.29) is 5.92 Å². The molecule has 0 saturated carbocycles. The van der Waals surface area contributed by atoms with Crippen molar-refractivity contribution in [2.24, 2.45) is 11.3 Å². The van der Waals surface area contributed by atoms with Crippen LogP contribution in [0.1, 0.15) is 32.1 Å². The zero-order valence-electron chi connectivity index (χ0n) is 15.9. The van der Waals surface area contributed by atoms with Gasteiger partial charge >= 0.3 is 0 Å². The molecular weight excluding hydrogens is 320 g/mol. The van der Waals surface area contributed by atoms with E-state index in [4.69, 9.17) is 14.2 Å². The summed E-state index contributed by atoms with van der Waals surface area (Å²) in [6.07, 6.45) is 5.20. The van der Waals surface area contributed by atoms with Crippen molar-refractivity contribution in [1.82, 2.24) is 9.80 Å². The summed E-state index contributed by atoms with van der Waals surface area (Å²) in [4.78, 5) is 17.4. The molecule has 1 amide bonds. The van der Waals surface area contributed by atoms with Gasteiger partial charge in [0.05, 0.1) is 13.2 Å². The number of rotatable bonds is 6. The third kappa shape index (κ3) is 4.54. The van der Waals surface area contributed by atoms with Gasteiger partial charge in [-0.25, -0.2) is 0 Å². The number of likely N-dealkylation sites (tertiary alicyclic amines) is 2. The number of methoxy groups -OCH3 is 2. The van der Waals surface area contributed by atoms with E-state index in [1.54, 1.807) is 14.2 Å². The summed E-state index contributed by atoms with van der Waals surface area (Å²) in [5, 5.41) is 0. The summed E-state index contributed by atoms with van der Waals surface area (Å²) >= 11 is 0. The first-order valence-electron chi connectivity index (χ1n) is 9.76. The van der Waals surface area contributed by atoms with E-state index >= 15 is 0 Å². The minimum Gasteiger partial charge on any atom is -0.383 e. The summed E-state index contributed by atoms with van der Waals surface area (Å²) in [5.74, 6) is 0.548. The fourth-order valence-electron chi connectivity index (χ4n) is 4.85. The van der Waals surface area contributed by atoms with Crippen LogP contribution in [0.15, 0.2) is 0 Å². The molecule has 0 bridgehead atoms. The number of hydrogen-bond acceptors (Lipinski definition) is 5. The van der Waals surface area contributed by atoms with E-state index in [0.717, 1.165) is 78.3 Å². The Morgan fingerprint density at radius 2 is 1.88 bits per heavy atom.